The Balaban J connectivity index is 1.68. The first-order valence-corrected chi connectivity index (χ1v) is 8.00. The summed E-state index contributed by atoms with van der Waals surface area (Å²) < 4.78 is 1.15. The van der Waals surface area contributed by atoms with Gasteiger partial charge in [0.1, 0.15) is 12.1 Å². The molecule has 1 N–H and O–H groups in total. The van der Waals surface area contributed by atoms with Gasteiger partial charge in [-0.2, -0.15) is 0 Å². The highest BCUT2D eigenvalue weighted by Gasteiger charge is 2.22. The second-order valence-corrected chi connectivity index (χ2v) is 6.13. The van der Waals surface area contributed by atoms with Crippen LogP contribution in [0.15, 0.2) is 42.0 Å². The van der Waals surface area contributed by atoms with Crippen LogP contribution >= 0.6 is 11.3 Å². The van der Waals surface area contributed by atoms with Gasteiger partial charge in [0.15, 0.2) is 0 Å². The van der Waals surface area contributed by atoms with Crippen molar-refractivity contribution in [3.05, 3.63) is 53.2 Å². The minimum absolute atomic E-state index is 0.605. The third-order valence-electron chi connectivity index (χ3n) is 3.55. The summed E-state index contributed by atoms with van der Waals surface area (Å²) in [7, 11) is 0. The molecule has 1 fully saturated rings. The molecule has 1 aliphatic carbocycles. The van der Waals surface area contributed by atoms with Gasteiger partial charge in [0.25, 0.3) is 0 Å². The SMILES string of the molecule is C(=Cc1csc2c(NC3CC3)ncnc12)c1ccccc1. The van der Waals surface area contributed by atoms with Crippen LogP contribution < -0.4 is 5.32 Å². The van der Waals surface area contributed by atoms with E-state index in [2.05, 4.69) is 44.9 Å². The molecule has 21 heavy (non-hydrogen) atoms. The molecule has 0 atom stereocenters. The molecule has 104 valence electrons. The molecule has 1 aliphatic rings. The number of thiophene rings is 1. The summed E-state index contributed by atoms with van der Waals surface area (Å²) in [6.45, 7) is 0. The molecule has 3 nitrogen and oxygen atoms in total. The fourth-order valence-electron chi connectivity index (χ4n) is 2.26. The van der Waals surface area contributed by atoms with E-state index in [-0.39, 0.29) is 0 Å². The Bertz CT molecular complexity index is 788. The highest BCUT2D eigenvalue weighted by atomic mass is 32.1. The van der Waals surface area contributed by atoms with E-state index in [4.69, 9.17) is 0 Å². The van der Waals surface area contributed by atoms with Gasteiger partial charge in [0.2, 0.25) is 0 Å². The predicted octanol–water partition coefficient (Wildman–Crippen LogP) is 4.44. The summed E-state index contributed by atoms with van der Waals surface area (Å²) in [5.41, 5.74) is 3.38. The van der Waals surface area contributed by atoms with Gasteiger partial charge >= 0.3 is 0 Å². The monoisotopic (exact) mass is 293 g/mol. The van der Waals surface area contributed by atoms with Gasteiger partial charge in [0, 0.05) is 17.0 Å². The fourth-order valence-corrected chi connectivity index (χ4v) is 3.20. The molecule has 0 spiro atoms. The molecule has 0 aliphatic heterocycles. The number of aromatic nitrogens is 2. The Morgan fingerprint density at radius 1 is 1.10 bits per heavy atom. The van der Waals surface area contributed by atoms with Crippen molar-refractivity contribution in [1.29, 1.82) is 0 Å². The van der Waals surface area contributed by atoms with Crippen molar-refractivity contribution in [2.75, 3.05) is 5.32 Å². The van der Waals surface area contributed by atoms with Gasteiger partial charge in [-0.05, 0) is 18.4 Å². The van der Waals surface area contributed by atoms with E-state index in [1.165, 1.54) is 18.4 Å². The minimum Gasteiger partial charge on any atom is -0.366 e. The Morgan fingerprint density at radius 2 is 1.95 bits per heavy atom. The zero-order valence-electron chi connectivity index (χ0n) is 11.5. The van der Waals surface area contributed by atoms with Crippen LogP contribution in [-0.2, 0) is 0 Å². The van der Waals surface area contributed by atoms with Crippen LogP contribution in [-0.4, -0.2) is 16.0 Å². The van der Waals surface area contributed by atoms with E-state index in [0.29, 0.717) is 6.04 Å². The first kappa shape index (κ1) is 12.5. The van der Waals surface area contributed by atoms with Crippen molar-refractivity contribution in [3.8, 4) is 0 Å². The van der Waals surface area contributed by atoms with Crippen LogP contribution in [0, 0.1) is 0 Å². The van der Waals surface area contributed by atoms with Crippen molar-refractivity contribution in [1.82, 2.24) is 9.97 Å². The molecule has 2 aromatic heterocycles. The average molecular weight is 293 g/mol. The van der Waals surface area contributed by atoms with Crippen LogP contribution in [0.4, 0.5) is 5.82 Å². The molecule has 4 heteroatoms. The van der Waals surface area contributed by atoms with Crippen LogP contribution in [0.5, 0.6) is 0 Å². The van der Waals surface area contributed by atoms with E-state index in [0.717, 1.165) is 21.6 Å². The lowest BCUT2D eigenvalue weighted by Gasteiger charge is -2.03. The van der Waals surface area contributed by atoms with Gasteiger partial charge in [-0.3, -0.25) is 0 Å². The summed E-state index contributed by atoms with van der Waals surface area (Å²) >= 11 is 1.71. The average Bonchev–Trinajstić information content (AvgIpc) is 3.24. The van der Waals surface area contributed by atoms with Gasteiger partial charge in [-0.25, -0.2) is 9.97 Å². The molecular formula is C17H15N3S. The molecule has 4 rings (SSSR count). The molecule has 2 heterocycles. The number of benzene rings is 1. The van der Waals surface area contributed by atoms with Gasteiger partial charge in [-0.1, -0.05) is 42.5 Å². The van der Waals surface area contributed by atoms with Gasteiger partial charge < -0.3 is 5.32 Å². The normalized spacial score (nSPS) is 14.9. The van der Waals surface area contributed by atoms with Crippen molar-refractivity contribution >= 4 is 39.5 Å². The summed E-state index contributed by atoms with van der Waals surface area (Å²) in [5.74, 6) is 0.979. The van der Waals surface area contributed by atoms with Crippen LogP contribution in [0.2, 0.25) is 0 Å². The second kappa shape index (κ2) is 5.30. The van der Waals surface area contributed by atoms with Crippen LogP contribution in [0.3, 0.4) is 0 Å². The summed E-state index contributed by atoms with van der Waals surface area (Å²) in [4.78, 5) is 8.83. The van der Waals surface area contributed by atoms with Crippen LogP contribution in [0.1, 0.15) is 24.0 Å². The maximum Gasteiger partial charge on any atom is 0.147 e. The summed E-state index contributed by atoms with van der Waals surface area (Å²) in [6, 6.07) is 10.9. The standard InChI is InChI=1S/C17H15N3S/c1-2-4-12(5-3-1)6-7-13-10-21-16-15(13)18-11-19-17(16)20-14-8-9-14/h1-7,10-11,14H,8-9H2,(H,18,19,20). The van der Waals surface area contributed by atoms with Crippen molar-refractivity contribution in [3.63, 3.8) is 0 Å². The maximum atomic E-state index is 4.45. The largest absolute Gasteiger partial charge is 0.366 e. The molecule has 0 saturated heterocycles. The summed E-state index contributed by atoms with van der Waals surface area (Å²) in [5, 5.41) is 5.63. The zero-order valence-corrected chi connectivity index (χ0v) is 12.3. The Labute approximate surface area is 127 Å². The molecule has 0 bridgehead atoms. The number of anilines is 1. The lowest BCUT2D eigenvalue weighted by molar-refractivity contribution is 1.11. The lowest BCUT2D eigenvalue weighted by Crippen LogP contribution is -2.03. The van der Waals surface area contributed by atoms with E-state index in [1.54, 1.807) is 17.7 Å². The topological polar surface area (TPSA) is 37.8 Å². The van der Waals surface area contributed by atoms with Crippen LogP contribution in [0.25, 0.3) is 22.4 Å². The second-order valence-electron chi connectivity index (χ2n) is 5.25. The van der Waals surface area contributed by atoms with Crippen molar-refractivity contribution in [2.45, 2.75) is 18.9 Å². The molecule has 1 saturated carbocycles. The van der Waals surface area contributed by atoms with E-state index >= 15 is 0 Å². The van der Waals surface area contributed by atoms with E-state index < -0.39 is 0 Å². The Morgan fingerprint density at radius 3 is 2.76 bits per heavy atom. The highest BCUT2D eigenvalue weighted by molar-refractivity contribution is 7.18. The highest BCUT2D eigenvalue weighted by Crippen LogP contribution is 2.33. The number of nitrogens with one attached hydrogen (secondary N) is 1. The Kier molecular flexibility index (Phi) is 3.16. The maximum absolute atomic E-state index is 4.45. The number of nitrogens with zero attached hydrogens (tertiary/aromatic N) is 2. The molecule has 0 amide bonds. The first-order valence-electron chi connectivity index (χ1n) is 7.12. The quantitative estimate of drug-likeness (QED) is 0.773. The predicted molar refractivity (Wildman–Crippen MR) is 89.4 cm³/mol. The number of rotatable bonds is 4. The van der Waals surface area contributed by atoms with Crippen molar-refractivity contribution in [2.24, 2.45) is 0 Å². The minimum atomic E-state index is 0.605. The van der Waals surface area contributed by atoms with E-state index in [1.807, 2.05) is 18.2 Å². The number of fused-ring (bicyclic) bond motifs is 1. The summed E-state index contributed by atoms with van der Waals surface area (Å²) in [6.07, 6.45) is 8.40. The smallest absolute Gasteiger partial charge is 0.147 e. The molecule has 0 radical (unpaired) electrons. The third-order valence-corrected chi connectivity index (χ3v) is 4.55. The van der Waals surface area contributed by atoms with Gasteiger partial charge in [0.05, 0.1) is 10.2 Å². The first-order chi connectivity index (χ1) is 10.4. The Hall–Kier alpha value is -2.20. The van der Waals surface area contributed by atoms with E-state index in [9.17, 15) is 0 Å². The molecule has 1 aromatic carbocycles. The molecule has 0 unspecified atom stereocenters. The number of hydrogen-bond donors (Lipinski definition) is 1. The van der Waals surface area contributed by atoms with Gasteiger partial charge in [-0.15, -0.1) is 11.3 Å². The third kappa shape index (κ3) is 2.67. The zero-order chi connectivity index (χ0) is 14.1. The number of hydrogen-bond acceptors (Lipinski definition) is 4. The molecular weight excluding hydrogens is 278 g/mol. The fraction of sp³-hybridized carbons (Fsp3) is 0.176. The molecule has 3 aromatic rings. The van der Waals surface area contributed by atoms with Crippen molar-refractivity contribution < 1.29 is 0 Å². The lowest BCUT2D eigenvalue weighted by atomic mass is 10.2.